The molecule has 0 fully saturated rings. The van der Waals surface area contributed by atoms with Gasteiger partial charge in [0, 0.05) is 18.3 Å². The van der Waals surface area contributed by atoms with Crippen LogP contribution in [0.1, 0.15) is 33.6 Å². The minimum absolute atomic E-state index is 0.636. The zero-order valence-corrected chi connectivity index (χ0v) is 9.53. The number of hydrogen-bond acceptors (Lipinski definition) is 1. The van der Waals surface area contributed by atoms with E-state index in [1.165, 1.54) is 18.5 Å². The molecule has 0 spiro atoms. The first-order valence-electron chi connectivity index (χ1n) is 5.61. The van der Waals surface area contributed by atoms with Crippen LogP contribution >= 0.6 is 0 Å². The lowest BCUT2D eigenvalue weighted by Crippen LogP contribution is -2.33. The van der Waals surface area contributed by atoms with Crippen molar-refractivity contribution in [2.24, 2.45) is 0 Å². The van der Waals surface area contributed by atoms with Crippen LogP contribution in [0.3, 0.4) is 0 Å². The fraction of sp³-hybridized carbons (Fsp3) is 0.538. The van der Waals surface area contributed by atoms with E-state index in [2.05, 4.69) is 56.0 Å². The van der Waals surface area contributed by atoms with Crippen LogP contribution in [0.15, 0.2) is 30.3 Å². The van der Waals surface area contributed by atoms with E-state index >= 15 is 0 Å². The number of benzene rings is 1. The first-order valence-corrected chi connectivity index (χ1v) is 5.61. The Hall–Kier alpha value is -0.980. The van der Waals surface area contributed by atoms with Crippen LogP contribution in [-0.4, -0.2) is 12.6 Å². The fourth-order valence-corrected chi connectivity index (χ4v) is 1.68. The Balaban J connectivity index is 2.77. The molecule has 0 amide bonds. The van der Waals surface area contributed by atoms with Gasteiger partial charge in [-0.1, -0.05) is 32.0 Å². The molecular formula is C13H21N. The van der Waals surface area contributed by atoms with Crippen molar-refractivity contribution in [3.05, 3.63) is 30.3 Å². The van der Waals surface area contributed by atoms with E-state index in [0.717, 1.165) is 6.54 Å². The van der Waals surface area contributed by atoms with Gasteiger partial charge in [-0.2, -0.15) is 0 Å². The molecule has 78 valence electrons. The van der Waals surface area contributed by atoms with Gasteiger partial charge in [0.25, 0.3) is 0 Å². The molecule has 1 nitrogen and oxygen atoms in total. The molecule has 0 N–H and O–H groups in total. The number of hydrogen-bond donors (Lipinski definition) is 0. The molecule has 1 unspecified atom stereocenters. The molecule has 0 saturated carbocycles. The van der Waals surface area contributed by atoms with Crippen molar-refractivity contribution in [3.8, 4) is 0 Å². The molecule has 0 aliphatic carbocycles. The highest BCUT2D eigenvalue weighted by molar-refractivity contribution is 5.46. The summed E-state index contributed by atoms with van der Waals surface area (Å²) in [6.07, 6.45) is 2.41. The molecule has 1 aromatic rings. The van der Waals surface area contributed by atoms with Crippen molar-refractivity contribution in [1.29, 1.82) is 0 Å². The predicted octanol–water partition coefficient (Wildman–Crippen LogP) is 3.70. The van der Waals surface area contributed by atoms with Gasteiger partial charge in [-0.05, 0) is 31.9 Å². The molecule has 0 radical (unpaired) electrons. The van der Waals surface area contributed by atoms with Crippen molar-refractivity contribution in [2.45, 2.75) is 39.7 Å². The maximum Gasteiger partial charge on any atom is 0.0368 e. The minimum Gasteiger partial charge on any atom is -0.369 e. The summed E-state index contributed by atoms with van der Waals surface area (Å²) in [5.74, 6) is 0. The van der Waals surface area contributed by atoms with Crippen LogP contribution in [0, 0.1) is 0 Å². The third-order valence-electron chi connectivity index (χ3n) is 2.68. The van der Waals surface area contributed by atoms with Gasteiger partial charge in [0.2, 0.25) is 0 Å². The van der Waals surface area contributed by atoms with Gasteiger partial charge in [0.15, 0.2) is 0 Å². The molecule has 1 heteroatoms. The van der Waals surface area contributed by atoms with E-state index in [9.17, 15) is 0 Å². The highest BCUT2D eigenvalue weighted by Crippen LogP contribution is 2.18. The third kappa shape index (κ3) is 2.76. The molecule has 1 rings (SSSR count). The summed E-state index contributed by atoms with van der Waals surface area (Å²) in [4.78, 5) is 2.49. The number of para-hydroxylation sites is 1. The molecule has 0 aliphatic rings. The number of nitrogens with zero attached hydrogens (tertiary/aromatic N) is 1. The largest absolute Gasteiger partial charge is 0.369 e. The van der Waals surface area contributed by atoms with Crippen molar-refractivity contribution >= 4 is 5.69 Å². The highest BCUT2D eigenvalue weighted by Gasteiger charge is 2.10. The third-order valence-corrected chi connectivity index (χ3v) is 2.68. The van der Waals surface area contributed by atoms with Crippen LogP contribution in [0.25, 0.3) is 0 Å². The summed E-state index contributed by atoms with van der Waals surface area (Å²) in [7, 11) is 0. The lowest BCUT2D eigenvalue weighted by Gasteiger charge is -2.30. The van der Waals surface area contributed by atoms with E-state index in [1.807, 2.05) is 0 Å². The minimum atomic E-state index is 0.636. The summed E-state index contributed by atoms with van der Waals surface area (Å²) >= 11 is 0. The monoisotopic (exact) mass is 191 g/mol. The quantitative estimate of drug-likeness (QED) is 0.686. The van der Waals surface area contributed by atoms with E-state index < -0.39 is 0 Å². The van der Waals surface area contributed by atoms with Crippen LogP contribution in [0.2, 0.25) is 0 Å². The summed E-state index contributed by atoms with van der Waals surface area (Å²) in [6, 6.07) is 11.3. The standard InChI is InChI=1S/C13H21N/c1-4-11-14(12(3)5-2)13-9-7-6-8-10-13/h6-10,12H,4-5,11H2,1-3H3. The maximum absolute atomic E-state index is 2.49. The molecule has 14 heavy (non-hydrogen) atoms. The lowest BCUT2D eigenvalue weighted by molar-refractivity contribution is 0.610. The predicted molar refractivity (Wildman–Crippen MR) is 63.8 cm³/mol. The summed E-state index contributed by atoms with van der Waals surface area (Å²) in [5.41, 5.74) is 1.35. The molecular weight excluding hydrogens is 170 g/mol. The van der Waals surface area contributed by atoms with Crippen molar-refractivity contribution < 1.29 is 0 Å². The SMILES string of the molecule is CCCN(c1ccccc1)C(C)CC. The van der Waals surface area contributed by atoms with E-state index in [1.54, 1.807) is 0 Å². The Kier molecular flexibility index (Phi) is 4.51. The van der Waals surface area contributed by atoms with Crippen molar-refractivity contribution in [2.75, 3.05) is 11.4 Å². The second-order valence-electron chi connectivity index (χ2n) is 3.79. The van der Waals surface area contributed by atoms with Gasteiger partial charge in [-0.15, -0.1) is 0 Å². The summed E-state index contributed by atoms with van der Waals surface area (Å²) in [6.45, 7) is 7.93. The van der Waals surface area contributed by atoms with Crippen molar-refractivity contribution in [1.82, 2.24) is 0 Å². The zero-order chi connectivity index (χ0) is 10.4. The molecule has 1 aromatic carbocycles. The zero-order valence-electron chi connectivity index (χ0n) is 9.53. The van der Waals surface area contributed by atoms with Gasteiger partial charge in [0.1, 0.15) is 0 Å². The first-order chi connectivity index (χ1) is 6.79. The molecule has 1 atom stereocenters. The van der Waals surface area contributed by atoms with Crippen LogP contribution in [0.4, 0.5) is 5.69 Å². The van der Waals surface area contributed by atoms with Gasteiger partial charge < -0.3 is 4.90 Å². The smallest absolute Gasteiger partial charge is 0.0368 e. The van der Waals surface area contributed by atoms with Crippen LogP contribution in [-0.2, 0) is 0 Å². The topological polar surface area (TPSA) is 3.24 Å². The molecule has 0 saturated heterocycles. The van der Waals surface area contributed by atoms with E-state index in [4.69, 9.17) is 0 Å². The summed E-state index contributed by atoms with van der Waals surface area (Å²) in [5, 5.41) is 0. The Morgan fingerprint density at radius 1 is 1.14 bits per heavy atom. The molecule has 0 aromatic heterocycles. The Morgan fingerprint density at radius 3 is 2.29 bits per heavy atom. The lowest BCUT2D eigenvalue weighted by atomic mass is 10.1. The second-order valence-corrected chi connectivity index (χ2v) is 3.79. The number of anilines is 1. The average Bonchev–Trinajstić information content (AvgIpc) is 2.26. The highest BCUT2D eigenvalue weighted by atomic mass is 15.1. The van der Waals surface area contributed by atoms with Gasteiger partial charge in [-0.25, -0.2) is 0 Å². The van der Waals surface area contributed by atoms with E-state index in [0.29, 0.717) is 6.04 Å². The van der Waals surface area contributed by atoms with E-state index in [-0.39, 0.29) is 0 Å². The van der Waals surface area contributed by atoms with Crippen LogP contribution < -0.4 is 4.90 Å². The maximum atomic E-state index is 2.49. The summed E-state index contributed by atoms with van der Waals surface area (Å²) < 4.78 is 0. The van der Waals surface area contributed by atoms with Gasteiger partial charge >= 0.3 is 0 Å². The van der Waals surface area contributed by atoms with Crippen molar-refractivity contribution in [3.63, 3.8) is 0 Å². The van der Waals surface area contributed by atoms with Crippen LogP contribution in [0.5, 0.6) is 0 Å². The number of rotatable bonds is 5. The van der Waals surface area contributed by atoms with Gasteiger partial charge in [0.05, 0.1) is 0 Å². The Labute approximate surface area is 87.7 Å². The van der Waals surface area contributed by atoms with Gasteiger partial charge in [-0.3, -0.25) is 0 Å². The Bertz CT molecular complexity index is 243. The average molecular weight is 191 g/mol. The fourth-order valence-electron chi connectivity index (χ4n) is 1.68. The molecule has 0 bridgehead atoms. The normalized spacial score (nSPS) is 12.5. The second kappa shape index (κ2) is 5.69. The molecule has 0 aliphatic heterocycles. The first kappa shape index (κ1) is 11.1. The molecule has 0 heterocycles. The Morgan fingerprint density at radius 2 is 1.79 bits per heavy atom.